The van der Waals surface area contributed by atoms with Crippen molar-refractivity contribution in [2.45, 2.75) is 0 Å². The molecule has 0 amide bonds. The Labute approximate surface area is 374 Å². The molecule has 13 aromatic rings. The number of aromatic nitrogens is 4. The second-order valence-corrected chi connectivity index (χ2v) is 16.6. The van der Waals surface area contributed by atoms with Gasteiger partial charge in [-0.2, -0.15) is 0 Å². The van der Waals surface area contributed by atoms with Crippen molar-refractivity contribution in [2.75, 3.05) is 0 Å². The second-order valence-electron chi connectivity index (χ2n) is 15.5. The SMILES string of the molecule is [2H]c1cc([2H])c2c(c1[2H])c1c([2H])c([2H])cc([2H])c1n2-c1ccc(-c2ccc3sc4cc(-c5nc(-c6ccccc6)nc(-c6ccccc6)n5)ccc4c3c2)cc1-c1cccc2c1oc1ccccc12. The fourth-order valence-corrected chi connectivity index (χ4v) is 10.0. The van der Waals surface area contributed by atoms with E-state index in [1.165, 1.54) is 12.1 Å². The van der Waals surface area contributed by atoms with Crippen LogP contribution in [0.25, 0.3) is 126 Å². The van der Waals surface area contributed by atoms with Gasteiger partial charge in [0.2, 0.25) is 0 Å². The van der Waals surface area contributed by atoms with E-state index in [4.69, 9.17) is 24.9 Å². The summed E-state index contributed by atoms with van der Waals surface area (Å²) >= 11 is 1.71. The lowest BCUT2D eigenvalue weighted by atomic mass is 9.95. The molecule has 0 saturated carbocycles. The smallest absolute Gasteiger partial charge is 0.164 e. The molecule has 6 heteroatoms. The van der Waals surface area contributed by atoms with Gasteiger partial charge in [-0.25, -0.2) is 15.0 Å². The molecule has 5 nitrogen and oxygen atoms in total. The predicted molar refractivity (Wildman–Crippen MR) is 262 cm³/mol. The summed E-state index contributed by atoms with van der Waals surface area (Å²) < 4.78 is 64.4. The summed E-state index contributed by atoms with van der Waals surface area (Å²) in [5.74, 6) is 1.80. The maximum Gasteiger partial charge on any atom is 0.164 e. The van der Waals surface area contributed by atoms with Crippen molar-refractivity contribution in [3.05, 3.63) is 206 Å². The van der Waals surface area contributed by atoms with Crippen molar-refractivity contribution in [1.82, 2.24) is 19.5 Å². The summed E-state index contributed by atoms with van der Waals surface area (Å²) in [7, 11) is 0. The highest BCUT2D eigenvalue weighted by atomic mass is 32.1. The maximum atomic E-state index is 9.23. The van der Waals surface area contributed by atoms with Gasteiger partial charge in [0.25, 0.3) is 0 Å². The van der Waals surface area contributed by atoms with Gasteiger partial charge in [-0.1, -0.05) is 158 Å². The average molecular weight is 829 g/mol. The number of benzene rings is 9. The molecule has 0 unspecified atom stereocenters. The lowest BCUT2D eigenvalue weighted by molar-refractivity contribution is 0.670. The van der Waals surface area contributed by atoms with Gasteiger partial charge >= 0.3 is 0 Å². The van der Waals surface area contributed by atoms with Crippen LogP contribution in [0.1, 0.15) is 8.22 Å². The van der Waals surface area contributed by atoms with Crippen LogP contribution in [0.15, 0.2) is 211 Å². The third-order valence-corrected chi connectivity index (χ3v) is 13.0. The summed E-state index contributed by atoms with van der Waals surface area (Å²) in [5, 5.41) is 4.50. The number of furan rings is 1. The number of hydrogen-bond acceptors (Lipinski definition) is 5. The standard InChI is InChI=1S/C57H34N4OS/c1-3-14-35(15-4-1)55-58-56(36-16-5-2-6-17-36)60-57(59-55)39-26-29-43-47-33-38(28-31-52(47)63-53(43)34-39)37-27-30-50(61-48-23-10-7-18-40(48)41-19-8-11-24-49(41)61)46(32-37)45-22-13-21-44-42-20-9-12-25-51(42)62-54(44)45/h1-34H/i7D,8D,18D,19D,23D,24D. The van der Waals surface area contributed by atoms with Gasteiger partial charge in [0.05, 0.1) is 24.9 Å². The molecule has 4 aromatic heterocycles. The zero-order valence-corrected chi connectivity index (χ0v) is 34.1. The molecular weight excluding hydrogens is 789 g/mol. The Morgan fingerprint density at radius 2 is 1.03 bits per heavy atom. The van der Waals surface area contributed by atoms with Gasteiger partial charge in [-0.15, -0.1) is 11.3 Å². The Morgan fingerprint density at radius 1 is 0.413 bits per heavy atom. The van der Waals surface area contributed by atoms with E-state index in [0.717, 1.165) is 75.5 Å². The highest BCUT2D eigenvalue weighted by Gasteiger charge is 2.21. The van der Waals surface area contributed by atoms with Crippen LogP contribution in [-0.4, -0.2) is 19.5 Å². The second kappa shape index (κ2) is 14.2. The van der Waals surface area contributed by atoms with Crippen molar-refractivity contribution in [3.8, 4) is 62.1 Å². The van der Waals surface area contributed by atoms with Crippen LogP contribution >= 0.6 is 11.3 Å². The Bertz CT molecular complexity index is 4150. The highest BCUT2D eigenvalue weighted by Crippen LogP contribution is 2.44. The molecule has 63 heavy (non-hydrogen) atoms. The number of para-hydroxylation sites is 4. The van der Waals surface area contributed by atoms with Crippen LogP contribution in [-0.2, 0) is 0 Å². The minimum atomic E-state index is -0.164. The third kappa shape index (κ3) is 5.80. The zero-order chi connectivity index (χ0) is 46.7. The van der Waals surface area contributed by atoms with Crippen LogP contribution in [0.2, 0.25) is 0 Å². The van der Waals surface area contributed by atoms with Gasteiger partial charge < -0.3 is 8.98 Å². The first-order chi connectivity index (χ1) is 33.7. The first-order valence-electron chi connectivity index (χ1n) is 23.6. The molecular formula is C57H34N4OS. The molecule has 0 N–H and O–H groups in total. The topological polar surface area (TPSA) is 56.7 Å². The average Bonchev–Trinajstić information content (AvgIpc) is 4.08. The van der Waals surface area contributed by atoms with Crippen molar-refractivity contribution in [3.63, 3.8) is 0 Å². The number of fused-ring (bicyclic) bond motifs is 9. The summed E-state index contributed by atoms with van der Waals surface area (Å²) in [6, 6.07) is 54.8. The molecule has 0 radical (unpaired) electrons. The Morgan fingerprint density at radius 3 is 1.76 bits per heavy atom. The number of hydrogen-bond donors (Lipinski definition) is 0. The van der Waals surface area contributed by atoms with Crippen LogP contribution in [0.4, 0.5) is 0 Å². The van der Waals surface area contributed by atoms with E-state index in [2.05, 4.69) is 42.5 Å². The number of rotatable bonds is 6. The largest absolute Gasteiger partial charge is 0.455 e. The van der Waals surface area contributed by atoms with Crippen molar-refractivity contribution < 1.29 is 12.6 Å². The highest BCUT2D eigenvalue weighted by molar-refractivity contribution is 7.25. The van der Waals surface area contributed by atoms with Crippen molar-refractivity contribution in [1.29, 1.82) is 0 Å². The van der Waals surface area contributed by atoms with E-state index in [9.17, 15) is 2.74 Å². The summed E-state index contributed by atoms with van der Waals surface area (Å²) in [5.41, 5.74) is 8.68. The first-order valence-corrected chi connectivity index (χ1v) is 21.4. The minimum absolute atomic E-state index is 0.0220. The Balaban J connectivity index is 1.01. The lowest BCUT2D eigenvalue weighted by Crippen LogP contribution is -1.99. The molecule has 0 bridgehead atoms. The van der Waals surface area contributed by atoms with Crippen LogP contribution in [0, 0.1) is 0 Å². The third-order valence-electron chi connectivity index (χ3n) is 11.8. The molecule has 0 aliphatic rings. The van der Waals surface area contributed by atoms with Gasteiger partial charge in [-0.3, -0.25) is 0 Å². The van der Waals surface area contributed by atoms with Gasteiger partial charge in [-0.05, 0) is 59.6 Å². The zero-order valence-electron chi connectivity index (χ0n) is 39.3. The molecule has 294 valence electrons. The van der Waals surface area contributed by atoms with Crippen LogP contribution in [0.3, 0.4) is 0 Å². The summed E-state index contributed by atoms with van der Waals surface area (Å²) in [6.07, 6.45) is 0. The number of thiophene rings is 1. The molecule has 13 rings (SSSR count). The Kier molecular flexibility index (Phi) is 6.75. The van der Waals surface area contributed by atoms with Gasteiger partial charge in [0.15, 0.2) is 17.5 Å². The number of nitrogens with zero attached hydrogens (tertiary/aromatic N) is 4. The summed E-state index contributed by atoms with van der Waals surface area (Å²) in [4.78, 5) is 14.8. The molecule has 0 saturated heterocycles. The molecule has 0 atom stereocenters. The molecule has 9 aromatic carbocycles. The van der Waals surface area contributed by atoms with E-state index in [1.807, 2.05) is 115 Å². The van der Waals surface area contributed by atoms with Crippen molar-refractivity contribution >= 4 is 75.3 Å². The first kappa shape index (κ1) is 29.9. The predicted octanol–water partition coefficient (Wildman–Crippen LogP) is 15.6. The van der Waals surface area contributed by atoms with Crippen molar-refractivity contribution in [2.24, 2.45) is 0 Å². The molecule has 4 heterocycles. The molecule has 0 fully saturated rings. The van der Waals surface area contributed by atoms with E-state index >= 15 is 0 Å². The minimum Gasteiger partial charge on any atom is -0.455 e. The van der Waals surface area contributed by atoms with E-state index < -0.39 is 0 Å². The molecule has 0 aliphatic heterocycles. The van der Waals surface area contributed by atoms with Gasteiger partial charge in [0, 0.05) is 69.5 Å². The maximum absolute atomic E-state index is 9.23. The fraction of sp³-hybridized carbons (Fsp3) is 0. The summed E-state index contributed by atoms with van der Waals surface area (Å²) in [6.45, 7) is 0. The Hall–Kier alpha value is -8.19. The fourth-order valence-electron chi connectivity index (χ4n) is 8.87. The monoisotopic (exact) mass is 828 g/mol. The van der Waals surface area contributed by atoms with E-state index in [1.54, 1.807) is 15.9 Å². The van der Waals surface area contributed by atoms with Crippen LogP contribution < -0.4 is 0 Å². The molecule has 0 aliphatic carbocycles. The van der Waals surface area contributed by atoms with E-state index in [0.29, 0.717) is 39.8 Å². The van der Waals surface area contributed by atoms with Gasteiger partial charge in [0.1, 0.15) is 11.2 Å². The van der Waals surface area contributed by atoms with Crippen LogP contribution in [0.5, 0.6) is 0 Å². The van der Waals surface area contributed by atoms with E-state index in [-0.39, 0.29) is 47.0 Å². The normalized spacial score (nSPS) is 13.1. The quantitative estimate of drug-likeness (QED) is 0.168. The lowest BCUT2D eigenvalue weighted by Gasteiger charge is -2.16. The molecule has 0 spiro atoms.